The molecule has 0 aliphatic carbocycles. The van der Waals surface area contributed by atoms with Crippen molar-refractivity contribution in [1.29, 1.82) is 0 Å². The second-order valence-corrected chi connectivity index (χ2v) is 6.25. The second kappa shape index (κ2) is 8.03. The lowest BCUT2D eigenvalue weighted by atomic mass is 10.1. The van der Waals surface area contributed by atoms with E-state index in [1.165, 1.54) is 0 Å². The minimum absolute atomic E-state index is 0.0644. The minimum atomic E-state index is -0.0998. The zero-order valence-corrected chi connectivity index (χ0v) is 15.3. The van der Waals surface area contributed by atoms with E-state index in [2.05, 4.69) is 10.2 Å². The fraction of sp³-hybridized carbons (Fsp3) is 0.421. The fourth-order valence-corrected chi connectivity index (χ4v) is 2.95. The zero-order chi connectivity index (χ0) is 18.5. The maximum Gasteiger partial charge on any atom is 0.254 e. The zero-order valence-electron chi connectivity index (χ0n) is 15.3. The second-order valence-electron chi connectivity index (χ2n) is 6.25. The molecule has 2 heterocycles. The molecule has 0 bridgehead atoms. The Balaban J connectivity index is 1.70. The molecule has 1 aromatic carbocycles. The Morgan fingerprint density at radius 1 is 1.12 bits per heavy atom. The van der Waals surface area contributed by atoms with Crippen molar-refractivity contribution in [3.63, 3.8) is 0 Å². The van der Waals surface area contributed by atoms with Gasteiger partial charge in [-0.05, 0) is 38.0 Å². The van der Waals surface area contributed by atoms with Crippen LogP contribution in [0, 0.1) is 6.92 Å². The van der Waals surface area contributed by atoms with Crippen LogP contribution in [-0.2, 0) is 0 Å². The molecule has 1 aromatic heterocycles. The molecule has 1 aliphatic heterocycles. The van der Waals surface area contributed by atoms with Gasteiger partial charge in [0.1, 0.15) is 17.6 Å². The maximum atomic E-state index is 12.9. The number of piperidine rings is 1. The number of aryl methyl sites for hydroxylation is 1. The Morgan fingerprint density at radius 2 is 1.85 bits per heavy atom. The van der Waals surface area contributed by atoms with Crippen molar-refractivity contribution in [3.05, 3.63) is 41.6 Å². The predicted octanol–water partition coefficient (Wildman–Crippen LogP) is 2.49. The van der Waals surface area contributed by atoms with Gasteiger partial charge in [-0.3, -0.25) is 4.79 Å². The van der Waals surface area contributed by atoms with Crippen LogP contribution in [0.4, 0.5) is 0 Å². The van der Waals surface area contributed by atoms with E-state index in [4.69, 9.17) is 14.2 Å². The van der Waals surface area contributed by atoms with E-state index in [9.17, 15) is 4.79 Å². The summed E-state index contributed by atoms with van der Waals surface area (Å²) in [4.78, 5) is 14.7. The lowest BCUT2D eigenvalue weighted by Gasteiger charge is -2.32. The van der Waals surface area contributed by atoms with E-state index in [0.29, 0.717) is 36.0 Å². The van der Waals surface area contributed by atoms with Gasteiger partial charge in [0, 0.05) is 24.2 Å². The van der Waals surface area contributed by atoms with Crippen LogP contribution in [0.3, 0.4) is 0 Å². The number of likely N-dealkylation sites (tertiary alicyclic amines) is 1. The SMILES string of the molecule is COc1cc(OC)cc(C(=O)N2CCCC(Oc3ccc(C)nn3)C2)c1. The van der Waals surface area contributed by atoms with E-state index in [0.717, 1.165) is 18.5 Å². The van der Waals surface area contributed by atoms with Gasteiger partial charge in [-0.1, -0.05) is 0 Å². The highest BCUT2D eigenvalue weighted by Gasteiger charge is 2.26. The molecule has 1 fully saturated rings. The standard InChI is InChI=1S/C19H23N3O4/c1-13-6-7-18(21-20-13)26-15-5-4-8-22(12-15)19(23)14-9-16(24-2)11-17(10-14)25-3/h6-7,9-11,15H,4-5,8,12H2,1-3H3. The van der Waals surface area contributed by atoms with Gasteiger partial charge in [0.05, 0.1) is 26.5 Å². The Kier molecular flexibility index (Phi) is 5.55. The van der Waals surface area contributed by atoms with Crippen LogP contribution in [0.2, 0.25) is 0 Å². The number of hydrogen-bond donors (Lipinski definition) is 0. The first-order valence-corrected chi connectivity index (χ1v) is 8.58. The van der Waals surface area contributed by atoms with Gasteiger partial charge in [-0.15, -0.1) is 5.10 Å². The van der Waals surface area contributed by atoms with Gasteiger partial charge in [0.15, 0.2) is 0 Å². The van der Waals surface area contributed by atoms with E-state index >= 15 is 0 Å². The summed E-state index contributed by atoms with van der Waals surface area (Å²) in [5, 5.41) is 8.04. The molecule has 1 atom stereocenters. The Morgan fingerprint density at radius 3 is 2.46 bits per heavy atom. The Hall–Kier alpha value is -2.83. The van der Waals surface area contributed by atoms with Crippen LogP contribution >= 0.6 is 0 Å². The average Bonchev–Trinajstić information content (AvgIpc) is 2.69. The molecule has 1 saturated heterocycles. The summed E-state index contributed by atoms with van der Waals surface area (Å²) in [7, 11) is 3.13. The summed E-state index contributed by atoms with van der Waals surface area (Å²) in [6, 6.07) is 8.85. The Bertz CT molecular complexity index is 742. The van der Waals surface area contributed by atoms with Crippen molar-refractivity contribution >= 4 is 5.91 Å². The molecule has 3 rings (SSSR count). The van der Waals surface area contributed by atoms with Gasteiger partial charge in [0.25, 0.3) is 5.91 Å². The molecule has 0 spiro atoms. The first-order chi connectivity index (χ1) is 12.6. The molecule has 1 unspecified atom stereocenters. The molecular formula is C19H23N3O4. The number of carbonyl (C=O) groups excluding carboxylic acids is 1. The molecule has 138 valence electrons. The van der Waals surface area contributed by atoms with Crippen LogP contribution in [0.15, 0.2) is 30.3 Å². The van der Waals surface area contributed by atoms with E-state index in [1.807, 2.05) is 13.0 Å². The van der Waals surface area contributed by atoms with Crippen LogP contribution in [0.5, 0.6) is 17.4 Å². The quantitative estimate of drug-likeness (QED) is 0.818. The number of ether oxygens (including phenoxy) is 3. The number of benzene rings is 1. The summed E-state index contributed by atoms with van der Waals surface area (Å²) in [6.45, 7) is 3.08. The monoisotopic (exact) mass is 357 g/mol. The summed E-state index contributed by atoms with van der Waals surface area (Å²) < 4.78 is 16.4. The van der Waals surface area contributed by atoms with Crippen molar-refractivity contribution in [3.8, 4) is 17.4 Å². The highest BCUT2D eigenvalue weighted by molar-refractivity contribution is 5.95. The van der Waals surface area contributed by atoms with E-state index in [-0.39, 0.29) is 12.0 Å². The van der Waals surface area contributed by atoms with Crippen LogP contribution in [0.25, 0.3) is 0 Å². The number of carbonyl (C=O) groups is 1. The molecule has 7 heteroatoms. The molecule has 1 aliphatic rings. The molecule has 1 amide bonds. The number of rotatable bonds is 5. The molecule has 26 heavy (non-hydrogen) atoms. The number of methoxy groups -OCH3 is 2. The first-order valence-electron chi connectivity index (χ1n) is 8.58. The van der Waals surface area contributed by atoms with Crippen molar-refractivity contribution in [2.24, 2.45) is 0 Å². The normalized spacial score (nSPS) is 16.9. The van der Waals surface area contributed by atoms with Crippen molar-refractivity contribution in [1.82, 2.24) is 15.1 Å². The number of amides is 1. The van der Waals surface area contributed by atoms with Crippen LogP contribution < -0.4 is 14.2 Å². The number of nitrogens with zero attached hydrogens (tertiary/aromatic N) is 3. The summed E-state index contributed by atoms with van der Waals surface area (Å²) in [5.41, 5.74) is 1.38. The van der Waals surface area contributed by atoms with Crippen molar-refractivity contribution < 1.29 is 19.0 Å². The smallest absolute Gasteiger partial charge is 0.254 e. The summed E-state index contributed by atoms with van der Waals surface area (Å²) in [6.07, 6.45) is 1.65. The van der Waals surface area contributed by atoms with Crippen LogP contribution in [-0.4, -0.2) is 54.4 Å². The largest absolute Gasteiger partial charge is 0.497 e. The highest BCUT2D eigenvalue weighted by Crippen LogP contribution is 2.25. The third-order valence-corrected chi connectivity index (χ3v) is 4.32. The van der Waals surface area contributed by atoms with Gasteiger partial charge in [-0.2, -0.15) is 5.10 Å². The first kappa shape index (κ1) is 18.0. The van der Waals surface area contributed by atoms with Gasteiger partial charge < -0.3 is 19.1 Å². The molecule has 0 N–H and O–H groups in total. The topological polar surface area (TPSA) is 73.8 Å². The molecule has 7 nitrogen and oxygen atoms in total. The van der Waals surface area contributed by atoms with Crippen molar-refractivity contribution in [2.45, 2.75) is 25.9 Å². The lowest BCUT2D eigenvalue weighted by Crippen LogP contribution is -2.44. The number of hydrogen-bond acceptors (Lipinski definition) is 6. The molecule has 0 saturated carbocycles. The van der Waals surface area contributed by atoms with E-state index < -0.39 is 0 Å². The molecule has 0 radical (unpaired) electrons. The summed E-state index contributed by atoms with van der Waals surface area (Å²) in [5.74, 6) is 1.60. The van der Waals surface area contributed by atoms with E-state index in [1.54, 1.807) is 43.4 Å². The van der Waals surface area contributed by atoms with Crippen molar-refractivity contribution in [2.75, 3.05) is 27.3 Å². The predicted molar refractivity (Wildman–Crippen MR) is 95.9 cm³/mol. The van der Waals surface area contributed by atoms with Gasteiger partial charge >= 0.3 is 0 Å². The van der Waals surface area contributed by atoms with Gasteiger partial charge in [0.2, 0.25) is 5.88 Å². The maximum absolute atomic E-state index is 12.9. The average molecular weight is 357 g/mol. The summed E-state index contributed by atoms with van der Waals surface area (Å²) >= 11 is 0. The Labute approximate surface area is 152 Å². The fourth-order valence-electron chi connectivity index (χ4n) is 2.95. The third kappa shape index (κ3) is 4.22. The third-order valence-electron chi connectivity index (χ3n) is 4.32. The highest BCUT2D eigenvalue weighted by atomic mass is 16.5. The lowest BCUT2D eigenvalue weighted by molar-refractivity contribution is 0.0525. The molecule has 2 aromatic rings. The minimum Gasteiger partial charge on any atom is -0.497 e. The van der Waals surface area contributed by atoms with Gasteiger partial charge in [-0.25, -0.2) is 0 Å². The number of aromatic nitrogens is 2. The van der Waals surface area contributed by atoms with Crippen LogP contribution in [0.1, 0.15) is 28.9 Å². The molecular weight excluding hydrogens is 334 g/mol.